The highest BCUT2D eigenvalue weighted by Gasteiger charge is 2.23. The van der Waals surface area contributed by atoms with Gasteiger partial charge in [0.25, 0.3) is 15.9 Å². The Labute approximate surface area is 189 Å². The first-order chi connectivity index (χ1) is 15.3. The van der Waals surface area contributed by atoms with E-state index < -0.39 is 22.6 Å². The standard InChI is InChI=1S/C24H30N2O5S/c1-18-12-14-21(15-13-18)26(2)32(29,30)22-11-7-8-19(16-22)24(28)31-17-23(27)25-20-9-5-3-4-6-10-20/h7-8,11-16,20H,3-6,9-10,17H2,1-2H3,(H,25,27). The SMILES string of the molecule is Cc1ccc(N(C)S(=O)(=O)c2cccc(C(=O)OCC(=O)NC3CCCCCC3)c2)cc1. The summed E-state index contributed by atoms with van der Waals surface area (Å²) in [7, 11) is -2.41. The second kappa shape index (κ2) is 10.6. The van der Waals surface area contributed by atoms with Gasteiger partial charge >= 0.3 is 5.97 Å². The number of carbonyl (C=O) groups excluding carboxylic acids is 2. The number of amides is 1. The van der Waals surface area contributed by atoms with Gasteiger partial charge in [-0.3, -0.25) is 9.10 Å². The first-order valence-corrected chi connectivity index (χ1v) is 12.3. The summed E-state index contributed by atoms with van der Waals surface area (Å²) in [6, 6.07) is 12.9. The van der Waals surface area contributed by atoms with E-state index in [1.165, 1.54) is 44.2 Å². The molecule has 2 aromatic carbocycles. The Bertz CT molecular complexity index is 1040. The molecule has 0 spiro atoms. The Balaban J connectivity index is 1.63. The van der Waals surface area contributed by atoms with Gasteiger partial charge in [-0.15, -0.1) is 0 Å². The zero-order chi connectivity index (χ0) is 23.1. The van der Waals surface area contributed by atoms with Crippen molar-refractivity contribution in [3.63, 3.8) is 0 Å². The molecule has 32 heavy (non-hydrogen) atoms. The van der Waals surface area contributed by atoms with Crippen LogP contribution in [-0.2, 0) is 19.6 Å². The van der Waals surface area contributed by atoms with E-state index in [1.54, 1.807) is 12.1 Å². The van der Waals surface area contributed by atoms with Gasteiger partial charge in [0.1, 0.15) is 0 Å². The lowest BCUT2D eigenvalue weighted by atomic mass is 10.1. The summed E-state index contributed by atoms with van der Waals surface area (Å²) in [5.41, 5.74) is 1.61. The molecule has 2 aromatic rings. The molecule has 0 heterocycles. The van der Waals surface area contributed by atoms with Crippen molar-refractivity contribution in [2.75, 3.05) is 18.0 Å². The van der Waals surface area contributed by atoms with Gasteiger partial charge in [-0.1, -0.05) is 49.4 Å². The number of rotatable bonds is 7. The molecule has 1 aliphatic carbocycles. The van der Waals surface area contributed by atoms with Gasteiger partial charge in [0.2, 0.25) is 0 Å². The average Bonchev–Trinajstić information content (AvgIpc) is 3.06. The monoisotopic (exact) mass is 458 g/mol. The fourth-order valence-corrected chi connectivity index (χ4v) is 4.98. The number of aryl methyl sites for hydroxylation is 1. The number of esters is 1. The number of carbonyl (C=O) groups is 2. The lowest BCUT2D eigenvalue weighted by Gasteiger charge is -2.20. The van der Waals surface area contributed by atoms with E-state index in [-0.39, 0.29) is 22.4 Å². The summed E-state index contributed by atoms with van der Waals surface area (Å²) < 4.78 is 32.3. The third kappa shape index (κ3) is 6.09. The third-order valence-electron chi connectivity index (χ3n) is 5.68. The van der Waals surface area contributed by atoms with Crippen LogP contribution in [0.4, 0.5) is 5.69 Å². The smallest absolute Gasteiger partial charge is 0.338 e. The number of nitrogens with one attached hydrogen (secondary N) is 1. The quantitative estimate of drug-likeness (QED) is 0.503. The lowest BCUT2D eigenvalue weighted by Crippen LogP contribution is -2.37. The lowest BCUT2D eigenvalue weighted by molar-refractivity contribution is -0.125. The van der Waals surface area contributed by atoms with Gasteiger partial charge in [-0.2, -0.15) is 0 Å². The molecule has 0 saturated heterocycles. The van der Waals surface area contributed by atoms with E-state index in [4.69, 9.17) is 4.74 Å². The van der Waals surface area contributed by atoms with Crippen molar-refractivity contribution in [3.05, 3.63) is 59.7 Å². The minimum atomic E-state index is -3.87. The molecular weight excluding hydrogens is 428 g/mol. The van der Waals surface area contributed by atoms with E-state index in [0.717, 1.165) is 35.6 Å². The molecule has 0 bridgehead atoms. The maximum atomic E-state index is 13.0. The van der Waals surface area contributed by atoms with Crippen molar-refractivity contribution in [2.45, 2.75) is 56.4 Å². The van der Waals surface area contributed by atoms with Crippen LogP contribution in [0.15, 0.2) is 53.4 Å². The van der Waals surface area contributed by atoms with E-state index in [1.807, 2.05) is 19.1 Å². The van der Waals surface area contributed by atoms with Crippen LogP contribution in [0.25, 0.3) is 0 Å². The summed E-state index contributed by atoms with van der Waals surface area (Å²) in [5.74, 6) is -1.08. The number of sulfonamides is 1. The summed E-state index contributed by atoms with van der Waals surface area (Å²) in [6.45, 7) is 1.53. The highest BCUT2D eigenvalue weighted by molar-refractivity contribution is 7.92. The van der Waals surface area contributed by atoms with Crippen LogP contribution < -0.4 is 9.62 Å². The Hall–Kier alpha value is -2.87. The first-order valence-electron chi connectivity index (χ1n) is 10.9. The number of hydrogen-bond acceptors (Lipinski definition) is 5. The van der Waals surface area contributed by atoms with Gasteiger partial charge in [-0.25, -0.2) is 13.2 Å². The molecule has 1 amide bonds. The Kier molecular flexibility index (Phi) is 7.90. The fraction of sp³-hybridized carbons (Fsp3) is 0.417. The van der Waals surface area contributed by atoms with E-state index in [9.17, 15) is 18.0 Å². The van der Waals surface area contributed by atoms with Crippen molar-refractivity contribution in [2.24, 2.45) is 0 Å². The zero-order valence-corrected chi connectivity index (χ0v) is 19.4. The third-order valence-corrected chi connectivity index (χ3v) is 7.46. The number of hydrogen-bond donors (Lipinski definition) is 1. The second-order valence-electron chi connectivity index (χ2n) is 8.17. The molecule has 0 aromatic heterocycles. The van der Waals surface area contributed by atoms with Crippen LogP contribution in [-0.4, -0.2) is 40.0 Å². The van der Waals surface area contributed by atoms with Crippen LogP contribution in [0.3, 0.4) is 0 Å². The van der Waals surface area contributed by atoms with Crippen molar-refractivity contribution in [1.82, 2.24) is 5.32 Å². The molecule has 3 rings (SSSR count). The maximum Gasteiger partial charge on any atom is 0.338 e. The van der Waals surface area contributed by atoms with E-state index in [0.29, 0.717) is 5.69 Å². The van der Waals surface area contributed by atoms with Crippen molar-refractivity contribution >= 4 is 27.6 Å². The molecule has 1 saturated carbocycles. The number of ether oxygens (including phenoxy) is 1. The van der Waals surface area contributed by atoms with Crippen molar-refractivity contribution in [3.8, 4) is 0 Å². The first kappa shape index (κ1) is 23.8. The van der Waals surface area contributed by atoms with Crippen LogP contribution in [0.1, 0.15) is 54.4 Å². The maximum absolute atomic E-state index is 13.0. The Morgan fingerprint density at radius 3 is 2.34 bits per heavy atom. The fourth-order valence-electron chi connectivity index (χ4n) is 3.74. The highest BCUT2D eigenvalue weighted by atomic mass is 32.2. The second-order valence-corrected chi connectivity index (χ2v) is 10.1. The van der Waals surface area contributed by atoms with Gasteiger partial charge in [0.05, 0.1) is 16.1 Å². The number of benzene rings is 2. The Morgan fingerprint density at radius 2 is 1.69 bits per heavy atom. The molecule has 0 radical (unpaired) electrons. The van der Waals surface area contributed by atoms with Crippen LogP contribution in [0.5, 0.6) is 0 Å². The average molecular weight is 459 g/mol. The van der Waals surface area contributed by atoms with E-state index in [2.05, 4.69) is 5.32 Å². The summed E-state index contributed by atoms with van der Waals surface area (Å²) >= 11 is 0. The molecule has 7 nitrogen and oxygen atoms in total. The number of nitrogens with zero attached hydrogens (tertiary/aromatic N) is 1. The molecule has 0 atom stereocenters. The van der Waals surface area contributed by atoms with E-state index >= 15 is 0 Å². The molecule has 1 fully saturated rings. The molecule has 0 unspecified atom stereocenters. The molecule has 8 heteroatoms. The van der Waals surface area contributed by atoms with Crippen LogP contribution in [0.2, 0.25) is 0 Å². The molecule has 1 aliphatic rings. The molecule has 1 N–H and O–H groups in total. The van der Waals surface area contributed by atoms with Gasteiger partial charge in [0.15, 0.2) is 6.61 Å². The highest BCUT2D eigenvalue weighted by Crippen LogP contribution is 2.23. The minimum Gasteiger partial charge on any atom is -0.452 e. The van der Waals surface area contributed by atoms with Gasteiger partial charge < -0.3 is 10.1 Å². The minimum absolute atomic E-state index is 0.0297. The molecular formula is C24H30N2O5S. The normalized spacial score (nSPS) is 14.9. The summed E-state index contributed by atoms with van der Waals surface area (Å²) in [4.78, 5) is 24.6. The Morgan fingerprint density at radius 1 is 1.03 bits per heavy atom. The summed E-state index contributed by atoms with van der Waals surface area (Å²) in [5, 5.41) is 2.92. The van der Waals surface area contributed by atoms with Gasteiger partial charge in [-0.05, 0) is 50.1 Å². The van der Waals surface area contributed by atoms with Crippen molar-refractivity contribution in [1.29, 1.82) is 0 Å². The predicted molar refractivity (Wildman–Crippen MR) is 123 cm³/mol. The number of anilines is 1. The van der Waals surface area contributed by atoms with Crippen LogP contribution >= 0.6 is 0 Å². The largest absolute Gasteiger partial charge is 0.452 e. The predicted octanol–water partition coefficient (Wildman–Crippen LogP) is 3.82. The molecule has 0 aliphatic heterocycles. The summed E-state index contributed by atoms with van der Waals surface area (Å²) in [6.07, 6.45) is 6.41. The van der Waals surface area contributed by atoms with Gasteiger partial charge in [0, 0.05) is 13.1 Å². The topological polar surface area (TPSA) is 92.8 Å². The molecule has 172 valence electrons. The van der Waals surface area contributed by atoms with Crippen LogP contribution in [0, 0.1) is 6.92 Å². The zero-order valence-electron chi connectivity index (χ0n) is 18.5. The van der Waals surface area contributed by atoms with Crippen molar-refractivity contribution < 1.29 is 22.7 Å².